The number of anilines is 1. The van der Waals surface area contributed by atoms with Crippen LogP contribution in [0.3, 0.4) is 0 Å². The molecule has 0 aliphatic carbocycles. The molecule has 3 heterocycles. The van der Waals surface area contributed by atoms with Gasteiger partial charge in [-0.25, -0.2) is 4.79 Å². The van der Waals surface area contributed by atoms with Crippen LogP contribution >= 0.6 is 0 Å². The standard InChI is InChI=1S/C19H24N6O2/c1-12-4-5-13(2)14(10-12)11-25-15-16(23(3)19(27)22-17(15)26)21-18(25)24-8-6-20-7-9-24/h4-5,10,20H,6-9,11H2,1-3H3,(H,22,26,27). The van der Waals surface area contributed by atoms with Crippen LogP contribution in [0.15, 0.2) is 27.8 Å². The van der Waals surface area contributed by atoms with Crippen molar-refractivity contribution in [2.75, 3.05) is 31.1 Å². The van der Waals surface area contributed by atoms with Crippen molar-refractivity contribution in [3.8, 4) is 0 Å². The maximum Gasteiger partial charge on any atom is 0.329 e. The Balaban J connectivity index is 1.95. The van der Waals surface area contributed by atoms with Crippen molar-refractivity contribution >= 4 is 17.1 Å². The number of imidazole rings is 1. The highest BCUT2D eigenvalue weighted by atomic mass is 16.2. The second-order valence-corrected chi connectivity index (χ2v) is 7.16. The van der Waals surface area contributed by atoms with Crippen molar-refractivity contribution in [2.45, 2.75) is 20.4 Å². The van der Waals surface area contributed by atoms with Crippen molar-refractivity contribution in [2.24, 2.45) is 7.05 Å². The molecule has 142 valence electrons. The van der Waals surface area contributed by atoms with Gasteiger partial charge in [0.05, 0.1) is 6.54 Å². The highest BCUT2D eigenvalue weighted by molar-refractivity contribution is 5.74. The zero-order valence-electron chi connectivity index (χ0n) is 15.9. The Morgan fingerprint density at radius 1 is 1.15 bits per heavy atom. The molecule has 0 atom stereocenters. The summed E-state index contributed by atoms with van der Waals surface area (Å²) in [6.45, 7) is 8.00. The zero-order chi connectivity index (χ0) is 19.1. The minimum absolute atomic E-state index is 0.396. The SMILES string of the molecule is Cc1ccc(C)c(Cn2c(N3CCNCC3)nc3c2c(=O)[nH]c(=O)n3C)c1. The van der Waals surface area contributed by atoms with Gasteiger partial charge in [0.15, 0.2) is 11.2 Å². The van der Waals surface area contributed by atoms with Gasteiger partial charge >= 0.3 is 5.69 Å². The fourth-order valence-corrected chi connectivity index (χ4v) is 3.62. The molecular weight excluding hydrogens is 344 g/mol. The summed E-state index contributed by atoms with van der Waals surface area (Å²) in [5.74, 6) is 0.735. The van der Waals surface area contributed by atoms with Crippen molar-refractivity contribution in [1.82, 2.24) is 24.4 Å². The summed E-state index contributed by atoms with van der Waals surface area (Å²) >= 11 is 0. The number of H-pyrrole nitrogens is 1. The number of fused-ring (bicyclic) bond motifs is 1. The summed E-state index contributed by atoms with van der Waals surface area (Å²) in [4.78, 5) is 34.0. The third-order valence-electron chi connectivity index (χ3n) is 5.22. The third-order valence-corrected chi connectivity index (χ3v) is 5.22. The lowest BCUT2D eigenvalue weighted by Gasteiger charge is -2.29. The zero-order valence-corrected chi connectivity index (χ0v) is 15.9. The van der Waals surface area contributed by atoms with Gasteiger partial charge in [0.1, 0.15) is 0 Å². The predicted molar refractivity (Wildman–Crippen MR) is 106 cm³/mol. The first-order chi connectivity index (χ1) is 13.0. The lowest BCUT2D eigenvalue weighted by atomic mass is 10.1. The number of aromatic nitrogens is 4. The first-order valence-corrected chi connectivity index (χ1v) is 9.17. The second kappa shape index (κ2) is 6.70. The fraction of sp³-hybridized carbons (Fsp3) is 0.421. The van der Waals surface area contributed by atoms with Gasteiger partial charge < -0.3 is 10.2 Å². The van der Waals surface area contributed by atoms with E-state index in [4.69, 9.17) is 4.98 Å². The largest absolute Gasteiger partial charge is 0.340 e. The van der Waals surface area contributed by atoms with Gasteiger partial charge in [0.25, 0.3) is 5.56 Å². The van der Waals surface area contributed by atoms with Gasteiger partial charge in [0, 0.05) is 33.2 Å². The molecule has 0 radical (unpaired) electrons. The molecule has 27 heavy (non-hydrogen) atoms. The minimum atomic E-state index is -0.448. The highest BCUT2D eigenvalue weighted by Gasteiger charge is 2.23. The fourth-order valence-electron chi connectivity index (χ4n) is 3.62. The van der Waals surface area contributed by atoms with Crippen LogP contribution in [0.4, 0.5) is 5.95 Å². The van der Waals surface area contributed by atoms with Crippen molar-refractivity contribution in [1.29, 1.82) is 0 Å². The van der Waals surface area contributed by atoms with E-state index in [2.05, 4.69) is 47.2 Å². The summed E-state index contributed by atoms with van der Waals surface area (Å²) in [6, 6.07) is 6.31. The van der Waals surface area contributed by atoms with Gasteiger partial charge in [0.2, 0.25) is 5.95 Å². The number of nitrogens with one attached hydrogen (secondary N) is 2. The Labute approximate surface area is 156 Å². The normalized spacial score (nSPS) is 14.9. The van der Waals surface area contributed by atoms with Crippen LogP contribution in [-0.2, 0) is 13.6 Å². The maximum atomic E-state index is 12.7. The number of aromatic amines is 1. The van der Waals surface area contributed by atoms with Crippen LogP contribution in [0.25, 0.3) is 11.2 Å². The smallest absolute Gasteiger partial charge is 0.329 e. The average Bonchev–Trinajstić information content (AvgIpc) is 3.03. The van der Waals surface area contributed by atoms with Gasteiger partial charge in [-0.2, -0.15) is 4.98 Å². The monoisotopic (exact) mass is 368 g/mol. The quantitative estimate of drug-likeness (QED) is 0.703. The Bertz CT molecular complexity index is 1120. The summed E-state index contributed by atoms with van der Waals surface area (Å²) in [5.41, 5.74) is 3.48. The molecule has 3 aromatic rings. The molecule has 1 aliphatic heterocycles. The number of aryl methyl sites for hydroxylation is 3. The van der Waals surface area contributed by atoms with Gasteiger partial charge in [-0.05, 0) is 25.0 Å². The molecule has 0 saturated carbocycles. The molecule has 4 rings (SSSR count). The van der Waals surface area contributed by atoms with Crippen LogP contribution in [-0.4, -0.2) is 45.3 Å². The number of piperazine rings is 1. The van der Waals surface area contributed by atoms with E-state index in [-0.39, 0.29) is 0 Å². The molecule has 0 amide bonds. The molecule has 0 spiro atoms. The van der Waals surface area contributed by atoms with E-state index in [1.54, 1.807) is 7.05 Å². The summed E-state index contributed by atoms with van der Waals surface area (Å²) in [6.07, 6.45) is 0. The van der Waals surface area contributed by atoms with Crippen molar-refractivity contribution in [3.63, 3.8) is 0 Å². The van der Waals surface area contributed by atoms with E-state index in [1.807, 2.05) is 4.57 Å². The van der Waals surface area contributed by atoms with Crippen LogP contribution in [0.2, 0.25) is 0 Å². The van der Waals surface area contributed by atoms with Crippen LogP contribution in [0, 0.1) is 13.8 Å². The van der Waals surface area contributed by atoms with Crippen molar-refractivity contribution in [3.05, 3.63) is 55.7 Å². The Kier molecular flexibility index (Phi) is 4.35. The lowest BCUT2D eigenvalue weighted by Crippen LogP contribution is -2.44. The van der Waals surface area contributed by atoms with E-state index in [9.17, 15) is 9.59 Å². The number of hydrogen-bond donors (Lipinski definition) is 2. The number of nitrogens with zero attached hydrogens (tertiary/aromatic N) is 4. The average molecular weight is 368 g/mol. The Hall–Kier alpha value is -2.87. The molecule has 0 unspecified atom stereocenters. The molecule has 1 aliphatic rings. The molecule has 8 heteroatoms. The number of rotatable bonds is 3. The van der Waals surface area contributed by atoms with Gasteiger partial charge in [-0.15, -0.1) is 0 Å². The first-order valence-electron chi connectivity index (χ1n) is 9.17. The molecule has 1 fully saturated rings. The number of hydrogen-bond acceptors (Lipinski definition) is 5. The summed E-state index contributed by atoms with van der Waals surface area (Å²) in [7, 11) is 1.64. The van der Waals surface area contributed by atoms with E-state index < -0.39 is 11.2 Å². The van der Waals surface area contributed by atoms with E-state index in [0.29, 0.717) is 17.7 Å². The van der Waals surface area contributed by atoms with Gasteiger partial charge in [-0.3, -0.25) is 18.9 Å². The maximum absolute atomic E-state index is 12.7. The molecule has 0 bridgehead atoms. The Morgan fingerprint density at radius 3 is 2.63 bits per heavy atom. The van der Waals surface area contributed by atoms with Crippen molar-refractivity contribution < 1.29 is 0 Å². The van der Waals surface area contributed by atoms with E-state index in [1.165, 1.54) is 10.1 Å². The first kappa shape index (κ1) is 17.5. The Morgan fingerprint density at radius 2 is 1.89 bits per heavy atom. The minimum Gasteiger partial charge on any atom is -0.340 e. The molecule has 1 aromatic carbocycles. The van der Waals surface area contributed by atoms with E-state index >= 15 is 0 Å². The molecule has 2 aromatic heterocycles. The number of benzene rings is 1. The summed E-state index contributed by atoms with van der Waals surface area (Å²) < 4.78 is 3.35. The van der Waals surface area contributed by atoms with Gasteiger partial charge in [-0.1, -0.05) is 23.8 Å². The topological polar surface area (TPSA) is 88.0 Å². The molecule has 2 N–H and O–H groups in total. The molecule has 8 nitrogen and oxygen atoms in total. The van der Waals surface area contributed by atoms with Crippen LogP contribution in [0.5, 0.6) is 0 Å². The second-order valence-electron chi connectivity index (χ2n) is 7.16. The van der Waals surface area contributed by atoms with Crippen LogP contribution in [0.1, 0.15) is 16.7 Å². The lowest BCUT2D eigenvalue weighted by molar-refractivity contribution is 0.571. The summed E-state index contributed by atoms with van der Waals surface area (Å²) in [5, 5.41) is 3.33. The third kappa shape index (κ3) is 3.06. The predicted octanol–water partition coefficient (Wildman–Crippen LogP) is 0.498. The van der Waals surface area contributed by atoms with Crippen LogP contribution < -0.4 is 21.5 Å². The molecule has 1 saturated heterocycles. The molecular formula is C19H24N6O2. The highest BCUT2D eigenvalue weighted by Crippen LogP contribution is 2.23. The van der Waals surface area contributed by atoms with E-state index in [0.717, 1.165) is 43.3 Å².